The van der Waals surface area contributed by atoms with Gasteiger partial charge < -0.3 is 11.5 Å². The third kappa shape index (κ3) is 3.23. The molecule has 0 aliphatic rings. The molecule has 0 radical (unpaired) electrons. The molecule has 1 unspecified atom stereocenters. The van der Waals surface area contributed by atoms with Crippen molar-refractivity contribution in [2.75, 3.05) is 0 Å². The average Bonchev–Trinajstić information content (AvgIpc) is 2.15. The Morgan fingerprint density at radius 3 is 2.12 bits per heavy atom. The molecule has 6 heteroatoms. The quantitative estimate of drug-likeness (QED) is 0.830. The second kappa shape index (κ2) is 4.52. The lowest BCUT2D eigenvalue weighted by molar-refractivity contribution is -0.137. The number of primary amides is 1. The minimum atomic E-state index is -4.37. The Morgan fingerprint density at radius 2 is 1.75 bits per heavy atom. The van der Waals surface area contributed by atoms with Crippen molar-refractivity contribution < 1.29 is 18.0 Å². The summed E-state index contributed by atoms with van der Waals surface area (Å²) < 4.78 is 36.7. The van der Waals surface area contributed by atoms with Crippen LogP contribution in [-0.4, -0.2) is 5.91 Å². The molecule has 1 amide bonds. The summed E-state index contributed by atoms with van der Waals surface area (Å²) in [6, 6.07) is 3.68. The SMILES string of the molecule is NC(=O)CC(N)c1ccc(C(F)(F)F)cc1. The van der Waals surface area contributed by atoms with Crippen molar-refractivity contribution in [3.63, 3.8) is 0 Å². The van der Waals surface area contributed by atoms with E-state index in [9.17, 15) is 18.0 Å². The molecule has 1 rings (SSSR count). The minimum Gasteiger partial charge on any atom is -0.370 e. The third-order valence-corrected chi connectivity index (χ3v) is 2.09. The van der Waals surface area contributed by atoms with E-state index in [0.29, 0.717) is 5.56 Å². The molecule has 0 aliphatic heterocycles. The average molecular weight is 232 g/mol. The van der Waals surface area contributed by atoms with Gasteiger partial charge in [0.25, 0.3) is 0 Å². The lowest BCUT2D eigenvalue weighted by Gasteiger charge is -2.11. The van der Waals surface area contributed by atoms with Crippen LogP contribution in [0.4, 0.5) is 13.2 Å². The van der Waals surface area contributed by atoms with Gasteiger partial charge in [0.1, 0.15) is 0 Å². The van der Waals surface area contributed by atoms with E-state index >= 15 is 0 Å². The van der Waals surface area contributed by atoms with Crippen LogP contribution >= 0.6 is 0 Å². The zero-order valence-electron chi connectivity index (χ0n) is 8.29. The van der Waals surface area contributed by atoms with Crippen LogP contribution in [0.2, 0.25) is 0 Å². The van der Waals surface area contributed by atoms with Crippen molar-refractivity contribution in [2.45, 2.75) is 18.6 Å². The largest absolute Gasteiger partial charge is 0.416 e. The van der Waals surface area contributed by atoms with Crippen LogP contribution in [0.3, 0.4) is 0 Å². The molecule has 4 N–H and O–H groups in total. The summed E-state index contributed by atoms with van der Waals surface area (Å²) in [5, 5.41) is 0. The maximum Gasteiger partial charge on any atom is 0.416 e. The molecule has 0 heterocycles. The molecule has 3 nitrogen and oxygen atoms in total. The Labute approximate surface area is 90.2 Å². The van der Waals surface area contributed by atoms with Crippen molar-refractivity contribution in [1.82, 2.24) is 0 Å². The Hall–Kier alpha value is -1.56. The number of amides is 1. The molecule has 0 saturated heterocycles. The van der Waals surface area contributed by atoms with Crippen molar-refractivity contribution in [2.24, 2.45) is 11.5 Å². The number of carbonyl (C=O) groups excluding carboxylic acids is 1. The number of nitrogens with two attached hydrogens (primary N) is 2. The van der Waals surface area contributed by atoms with E-state index < -0.39 is 23.7 Å². The van der Waals surface area contributed by atoms with E-state index in [-0.39, 0.29) is 6.42 Å². The summed E-state index contributed by atoms with van der Waals surface area (Å²) in [4.78, 5) is 10.6. The van der Waals surface area contributed by atoms with Crippen molar-refractivity contribution in [1.29, 1.82) is 0 Å². The number of alkyl halides is 3. The summed E-state index contributed by atoms with van der Waals surface area (Å²) in [6.07, 6.45) is -4.46. The lowest BCUT2D eigenvalue weighted by Crippen LogP contribution is -2.20. The topological polar surface area (TPSA) is 69.1 Å². The van der Waals surface area contributed by atoms with Crippen LogP contribution in [-0.2, 0) is 11.0 Å². The van der Waals surface area contributed by atoms with E-state index in [1.807, 2.05) is 0 Å². The minimum absolute atomic E-state index is 0.0919. The van der Waals surface area contributed by atoms with E-state index in [2.05, 4.69) is 0 Å². The monoisotopic (exact) mass is 232 g/mol. The molecule has 16 heavy (non-hydrogen) atoms. The fourth-order valence-corrected chi connectivity index (χ4v) is 1.25. The van der Waals surface area contributed by atoms with Gasteiger partial charge in [0, 0.05) is 12.5 Å². The summed E-state index contributed by atoms with van der Waals surface area (Å²) in [6.45, 7) is 0. The normalized spacial score (nSPS) is 13.5. The molecule has 0 aliphatic carbocycles. The van der Waals surface area contributed by atoms with Crippen molar-refractivity contribution in [3.8, 4) is 0 Å². The Kier molecular flexibility index (Phi) is 3.54. The van der Waals surface area contributed by atoms with Crippen LogP contribution in [0.1, 0.15) is 23.6 Å². The van der Waals surface area contributed by atoms with Gasteiger partial charge in [-0.05, 0) is 17.7 Å². The zero-order valence-corrected chi connectivity index (χ0v) is 8.29. The van der Waals surface area contributed by atoms with Crippen molar-refractivity contribution >= 4 is 5.91 Å². The van der Waals surface area contributed by atoms with Crippen LogP contribution in [0.5, 0.6) is 0 Å². The van der Waals surface area contributed by atoms with E-state index in [0.717, 1.165) is 12.1 Å². The number of carbonyl (C=O) groups is 1. The molecular weight excluding hydrogens is 221 g/mol. The van der Waals surface area contributed by atoms with Gasteiger partial charge in [-0.25, -0.2) is 0 Å². The highest BCUT2D eigenvalue weighted by molar-refractivity contribution is 5.74. The molecule has 0 spiro atoms. The zero-order chi connectivity index (χ0) is 12.3. The second-order valence-corrected chi connectivity index (χ2v) is 3.40. The Morgan fingerprint density at radius 1 is 1.25 bits per heavy atom. The molecule has 0 saturated carbocycles. The smallest absolute Gasteiger partial charge is 0.370 e. The van der Waals surface area contributed by atoms with E-state index in [4.69, 9.17) is 11.5 Å². The number of benzene rings is 1. The molecule has 0 fully saturated rings. The first kappa shape index (κ1) is 12.5. The van der Waals surface area contributed by atoms with Gasteiger partial charge in [0.2, 0.25) is 5.91 Å². The van der Waals surface area contributed by atoms with Gasteiger partial charge in [-0.15, -0.1) is 0 Å². The van der Waals surface area contributed by atoms with Crippen molar-refractivity contribution in [3.05, 3.63) is 35.4 Å². The van der Waals surface area contributed by atoms with Crippen LogP contribution in [0.25, 0.3) is 0 Å². The first-order chi connectivity index (χ1) is 7.30. The first-order valence-corrected chi connectivity index (χ1v) is 4.51. The lowest BCUT2D eigenvalue weighted by atomic mass is 10.0. The molecule has 1 atom stereocenters. The molecule has 88 valence electrons. The summed E-state index contributed by atoms with van der Waals surface area (Å²) in [5.41, 5.74) is 10.2. The van der Waals surface area contributed by atoms with E-state index in [1.165, 1.54) is 12.1 Å². The maximum atomic E-state index is 12.2. The predicted molar refractivity (Wildman–Crippen MR) is 52.2 cm³/mol. The molecular formula is C10H11F3N2O. The number of halogens is 3. The van der Waals surface area contributed by atoms with E-state index in [1.54, 1.807) is 0 Å². The fourth-order valence-electron chi connectivity index (χ4n) is 1.25. The molecule has 1 aromatic rings. The summed E-state index contributed by atoms with van der Waals surface area (Å²) >= 11 is 0. The van der Waals surface area contributed by atoms with Crippen LogP contribution in [0, 0.1) is 0 Å². The van der Waals surface area contributed by atoms with Gasteiger partial charge in [0.15, 0.2) is 0 Å². The Balaban J connectivity index is 2.83. The highest BCUT2D eigenvalue weighted by Gasteiger charge is 2.30. The third-order valence-electron chi connectivity index (χ3n) is 2.09. The maximum absolute atomic E-state index is 12.2. The number of rotatable bonds is 3. The van der Waals surface area contributed by atoms with Crippen LogP contribution in [0.15, 0.2) is 24.3 Å². The second-order valence-electron chi connectivity index (χ2n) is 3.40. The molecule has 0 aromatic heterocycles. The van der Waals surface area contributed by atoms with Gasteiger partial charge >= 0.3 is 6.18 Å². The predicted octanol–water partition coefficient (Wildman–Crippen LogP) is 1.58. The summed E-state index contributed by atoms with van der Waals surface area (Å²) in [7, 11) is 0. The number of hydrogen-bond donors (Lipinski definition) is 2. The Bertz CT molecular complexity index is 373. The van der Waals surface area contributed by atoms with Gasteiger partial charge in [-0.2, -0.15) is 13.2 Å². The highest BCUT2D eigenvalue weighted by Crippen LogP contribution is 2.29. The number of hydrogen-bond acceptors (Lipinski definition) is 2. The van der Waals surface area contributed by atoms with Gasteiger partial charge in [-0.1, -0.05) is 12.1 Å². The first-order valence-electron chi connectivity index (χ1n) is 4.51. The van der Waals surface area contributed by atoms with Crippen LogP contribution < -0.4 is 11.5 Å². The molecule has 1 aromatic carbocycles. The summed E-state index contributed by atoms with van der Waals surface area (Å²) in [5.74, 6) is -0.590. The van der Waals surface area contributed by atoms with Gasteiger partial charge in [-0.3, -0.25) is 4.79 Å². The fraction of sp³-hybridized carbons (Fsp3) is 0.300. The molecule has 0 bridgehead atoms. The standard InChI is InChI=1S/C10H11F3N2O/c11-10(12,13)7-3-1-6(2-4-7)8(14)5-9(15)16/h1-4,8H,5,14H2,(H2,15,16). The highest BCUT2D eigenvalue weighted by atomic mass is 19.4. The van der Waals surface area contributed by atoms with Gasteiger partial charge in [0.05, 0.1) is 5.56 Å².